The van der Waals surface area contributed by atoms with Crippen molar-refractivity contribution >= 4 is 46.3 Å². The van der Waals surface area contributed by atoms with Crippen molar-refractivity contribution in [2.45, 2.75) is 6.92 Å². The fourth-order valence-corrected chi connectivity index (χ4v) is 2.50. The molecule has 0 amide bonds. The molecule has 128 valence electrons. The van der Waals surface area contributed by atoms with Crippen molar-refractivity contribution in [3.63, 3.8) is 0 Å². The van der Waals surface area contributed by atoms with E-state index in [1.54, 1.807) is 25.4 Å². The van der Waals surface area contributed by atoms with Gasteiger partial charge in [0.25, 0.3) is 0 Å². The smallest absolute Gasteiger partial charge is 0.229 e. The van der Waals surface area contributed by atoms with Crippen molar-refractivity contribution in [3.05, 3.63) is 64.3 Å². The van der Waals surface area contributed by atoms with Gasteiger partial charge in [-0.3, -0.25) is 0 Å². The van der Waals surface area contributed by atoms with Gasteiger partial charge in [0, 0.05) is 28.0 Å². The summed E-state index contributed by atoms with van der Waals surface area (Å²) in [4.78, 5) is 8.70. The molecule has 0 saturated carbocycles. The molecule has 0 unspecified atom stereocenters. The zero-order valence-electron chi connectivity index (χ0n) is 13.7. The first-order chi connectivity index (χ1) is 12.0. The summed E-state index contributed by atoms with van der Waals surface area (Å²) in [6.07, 6.45) is 1.67. The maximum absolute atomic E-state index is 6.14. The van der Waals surface area contributed by atoms with Crippen LogP contribution in [0, 0.1) is 6.92 Å². The van der Waals surface area contributed by atoms with Crippen molar-refractivity contribution in [2.24, 2.45) is 0 Å². The van der Waals surface area contributed by atoms with Gasteiger partial charge in [-0.25, -0.2) is 4.98 Å². The maximum atomic E-state index is 6.14. The second-order valence-electron chi connectivity index (χ2n) is 5.32. The van der Waals surface area contributed by atoms with Gasteiger partial charge >= 0.3 is 0 Å². The number of halogens is 2. The zero-order valence-corrected chi connectivity index (χ0v) is 15.2. The lowest BCUT2D eigenvalue weighted by atomic mass is 10.2. The van der Waals surface area contributed by atoms with Gasteiger partial charge in [-0.05, 0) is 48.9 Å². The molecule has 1 aromatic heterocycles. The highest BCUT2D eigenvalue weighted by Gasteiger charge is 2.09. The zero-order chi connectivity index (χ0) is 17.8. The molecule has 5 nitrogen and oxygen atoms in total. The van der Waals surface area contributed by atoms with E-state index in [0.717, 1.165) is 16.9 Å². The van der Waals surface area contributed by atoms with E-state index in [9.17, 15) is 0 Å². The van der Waals surface area contributed by atoms with E-state index in [0.29, 0.717) is 27.6 Å². The summed E-state index contributed by atoms with van der Waals surface area (Å²) in [7, 11) is 1.59. The first kappa shape index (κ1) is 17.3. The number of benzene rings is 2. The fourth-order valence-electron chi connectivity index (χ4n) is 2.22. The summed E-state index contributed by atoms with van der Waals surface area (Å²) in [5.41, 5.74) is 2.56. The molecule has 25 heavy (non-hydrogen) atoms. The van der Waals surface area contributed by atoms with Crippen LogP contribution in [0.1, 0.15) is 5.56 Å². The van der Waals surface area contributed by atoms with E-state index < -0.39 is 0 Å². The lowest BCUT2D eigenvalue weighted by molar-refractivity contribution is 0.416. The minimum absolute atomic E-state index is 0.444. The van der Waals surface area contributed by atoms with Gasteiger partial charge in [0.15, 0.2) is 0 Å². The number of nitrogens with one attached hydrogen (secondary N) is 2. The molecule has 0 aliphatic heterocycles. The molecule has 0 spiro atoms. The summed E-state index contributed by atoms with van der Waals surface area (Å²) in [5.74, 6) is 1.72. The normalized spacial score (nSPS) is 10.4. The highest BCUT2D eigenvalue weighted by molar-refractivity contribution is 6.31. The van der Waals surface area contributed by atoms with Crippen LogP contribution in [-0.4, -0.2) is 17.1 Å². The Hall–Kier alpha value is -2.50. The first-order valence-corrected chi connectivity index (χ1v) is 8.27. The fraction of sp³-hybridized carbons (Fsp3) is 0.111. The van der Waals surface area contributed by atoms with Crippen LogP contribution in [0.4, 0.5) is 23.1 Å². The second-order valence-corrected chi connectivity index (χ2v) is 6.17. The molecule has 1 heterocycles. The predicted octanol–water partition coefficient (Wildman–Crippen LogP) is 5.59. The minimum Gasteiger partial charge on any atom is -0.495 e. The van der Waals surface area contributed by atoms with Crippen LogP contribution in [0.3, 0.4) is 0 Å². The number of anilines is 4. The molecule has 3 aromatic rings. The number of aromatic nitrogens is 2. The molecule has 0 saturated heterocycles. The largest absolute Gasteiger partial charge is 0.495 e. The van der Waals surface area contributed by atoms with Crippen LogP contribution in [0.25, 0.3) is 0 Å². The van der Waals surface area contributed by atoms with E-state index in [4.69, 9.17) is 27.9 Å². The Morgan fingerprint density at radius 2 is 1.76 bits per heavy atom. The van der Waals surface area contributed by atoms with Crippen molar-refractivity contribution < 1.29 is 4.74 Å². The van der Waals surface area contributed by atoms with Gasteiger partial charge in [-0.2, -0.15) is 4.98 Å². The quantitative estimate of drug-likeness (QED) is 0.609. The van der Waals surface area contributed by atoms with Gasteiger partial charge in [0.1, 0.15) is 11.6 Å². The Morgan fingerprint density at radius 1 is 1.00 bits per heavy atom. The molecule has 0 atom stereocenters. The van der Waals surface area contributed by atoms with Crippen molar-refractivity contribution in [2.75, 3.05) is 17.7 Å². The summed E-state index contributed by atoms with van der Waals surface area (Å²) in [5, 5.41) is 7.69. The Labute approximate surface area is 156 Å². The first-order valence-electron chi connectivity index (χ1n) is 7.52. The number of methoxy groups -OCH3 is 1. The number of aryl methyl sites for hydroxylation is 1. The molecule has 0 aliphatic carbocycles. The molecule has 0 bridgehead atoms. The van der Waals surface area contributed by atoms with E-state index >= 15 is 0 Å². The molecule has 2 aromatic carbocycles. The molecular weight excluding hydrogens is 359 g/mol. The lowest BCUT2D eigenvalue weighted by Gasteiger charge is -2.13. The number of hydrogen-bond acceptors (Lipinski definition) is 5. The minimum atomic E-state index is 0.444. The number of hydrogen-bond donors (Lipinski definition) is 2. The van der Waals surface area contributed by atoms with Gasteiger partial charge in [-0.15, -0.1) is 0 Å². The average Bonchev–Trinajstić information content (AvgIpc) is 2.60. The van der Waals surface area contributed by atoms with Crippen LogP contribution in [0.2, 0.25) is 10.0 Å². The summed E-state index contributed by atoms with van der Waals surface area (Å²) < 4.78 is 5.36. The van der Waals surface area contributed by atoms with Gasteiger partial charge < -0.3 is 15.4 Å². The molecule has 0 aliphatic rings. The van der Waals surface area contributed by atoms with E-state index in [-0.39, 0.29) is 0 Å². The second kappa shape index (κ2) is 7.59. The number of ether oxygens (including phenoxy) is 1. The average molecular weight is 375 g/mol. The standard InChI is InChI=1S/C18H16Cl2N4O/c1-11-9-15(16(25-2)10-14(11)20)23-18-21-8-7-17(24-18)22-13-5-3-12(19)4-6-13/h3-10H,1-2H3,(H2,21,22,23,24). The van der Waals surface area contributed by atoms with Gasteiger partial charge in [-0.1, -0.05) is 23.2 Å². The highest BCUT2D eigenvalue weighted by Crippen LogP contribution is 2.32. The SMILES string of the molecule is COc1cc(Cl)c(C)cc1Nc1nccc(Nc2ccc(Cl)cc2)n1. The van der Waals surface area contributed by atoms with E-state index in [2.05, 4.69) is 20.6 Å². The molecule has 0 fully saturated rings. The molecule has 7 heteroatoms. The lowest BCUT2D eigenvalue weighted by Crippen LogP contribution is -2.02. The van der Waals surface area contributed by atoms with Crippen molar-refractivity contribution in [3.8, 4) is 5.75 Å². The third-order valence-corrected chi connectivity index (χ3v) is 4.16. The number of nitrogens with zero attached hydrogens (tertiary/aromatic N) is 2. The Kier molecular flexibility index (Phi) is 5.26. The molecule has 2 N–H and O–H groups in total. The van der Waals surface area contributed by atoms with Crippen molar-refractivity contribution in [1.29, 1.82) is 0 Å². The van der Waals surface area contributed by atoms with Gasteiger partial charge in [0.05, 0.1) is 12.8 Å². The van der Waals surface area contributed by atoms with Crippen LogP contribution in [-0.2, 0) is 0 Å². The van der Waals surface area contributed by atoms with E-state index in [1.807, 2.05) is 37.3 Å². The van der Waals surface area contributed by atoms with E-state index in [1.165, 1.54) is 0 Å². The van der Waals surface area contributed by atoms with Crippen LogP contribution in [0.5, 0.6) is 5.75 Å². The van der Waals surface area contributed by atoms with Crippen LogP contribution in [0.15, 0.2) is 48.7 Å². The third kappa shape index (κ3) is 4.32. The maximum Gasteiger partial charge on any atom is 0.229 e. The topological polar surface area (TPSA) is 59.1 Å². The molecule has 0 radical (unpaired) electrons. The van der Waals surface area contributed by atoms with Crippen molar-refractivity contribution in [1.82, 2.24) is 9.97 Å². The molecular formula is C18H16Cl2N4O. The Morgan fingerprint density at radius 3 is 2.48 bits per heavy atom. The third-order valence-electron chi connectivity index (χ3n) is 3.50. The Balaban J connectivity index is 1.82. The summed E-state index contributed by atoms with van der Waals surface area (Å²) in [6, 6.07) is 12.8. The molecule has 3 rings (SSSR count). The van der Waals surface area contributed by atoms with Crippen LogP contribution >= 0.6 is 23.2 Å². The van der Waals surface area contributed by atoms with Crippen LogP contribution < -0.4 is 15.4 Å². The monoisotopic (exact) mass is 374 g/mol. The predicted molar refractivity (Wildman–Crippen MR) is 103 cm³/mol. The summed E-state index contributed by atoms with van der Waals surface area (Å²) >= 11 is 12.0. The number of rotatable bonds is 5. The Bertz CT molecular complexity index is 885. The van der Waals surface area contributed by atoms with Gasteiger partial charge in [0.2, 0.25) is 5.95 Å². The summed E-state index contributed by atoms with van der Waals surface area (Å²) in [6.45, 7) is 1.92. The highest BCUT2D eigenvalue weighted by atomic mass is 35.5.